The van der Waals surface area contributed by atoms with Gasteiger partial charge in [-0.25, -0.2) is 0 Å². The van der Waals surface area contributed by atoms with Crippen LogP contribution < -0.4 is 15.5 Å². The Bertz CT molecular complexity index is 548. The fraction of sp³-hybridized carbons (Fsp3) is 0.562. The molecule has 3 atom stereocenters. The minimum atomic E-state index is 0.154. The summed E-state index contributed by atoms with van der Waals surface area (Å²) in [6.07, 6.45) is 2.09. The summed E-state index contributed by atoms with van der Waals surface area (Å²) in [5.41, 5.74) is 2.47. The Morgan fingerprint density at radius 1 is 1.48 bits per heavy atom. The zero-order valence-corrected chi connectivity index (χ0v) is 14.1. The maximum absolute atomic E-state index is 11.9. The first-order valence-electron chi connectivity index (χ1n) is 7.63. The van der Waals surface area contributed by atoms with Crippen LogP contribution in [0, 0.1) is 5.92 Å². The molecular weight excluding hydrogens is 330 g/mol. The van der Waals surface area contributed by atoms with E-state index in [9.17, 15) is 4.79 Å². The highest BCUT2D eigenvalue weighted by Crippen LogP contribution is 2.36. The number of rotatable bonds is 3. The summed E-state index contributed by atoms with van der Waals surface area (Å²) in [4.78, 5) is 14.3. The van der Waals surface area contributed by atoms with Gasteiger partial charge in [0.2, 0.25) is 5.91 Å². The molecule has 3 unspecified atom stereocenters. The number of fused-ring (bicyclic) bond motifs is 1. The van der Waals surface area contributed by atoms with Gasteiger partial charge in [0.1, 0.15) is 0 Å². The highest BCUT2D eigenvalue weighted by Gasteiger charge is 2.41. The molecule has 21 heavy (non-hydrogen) atoms. The smallest absolute Gasteiger partial charge is 0.225 e. The van der Waals surface area contributed by atoms with Crippen LogP contribution in [-0.2, 0) is 4.79 Å². The molecule has 0 saturated carbocycles. The van der Waals surface area contributed by atoms with Crippen molar-refractivity contribution in [2.45, 2.75) is 31.8 Å². The number of piperidine rings is 1. The minimum absolute atomic E-state index is 0.154. The van der Waals surface area contributed by atoms with Gasteiger partial charge in [-0.3, -0.25) is 4.79 Å². The van der Waals surface area contributed by atoms with E-state index in [1.165, 1.54) is 11.3 Å². The maximum atomic E-state index is 11.9. The lowest BCUT2D eigenvalue weighted by molar-refractivity contribution is -0.122. The molecule has 0 bridgehead atoms. The van der Waals surface area contributed by atoms with E-state index in [4.69, 9.17) is 0 Å². The molecule has 0 radical (unpaired) electrons. The van der Waals surface area contributed by atoms with Gasteiger partial charge < -0.3 is 15.5 Å². The molecule has 2 fully saturated rings. The lowest BCUT2D eigenvalue weighted by Gasteiger charge is -2.38. The molecular formula is C16H22BrN3O. The van der Waals surface area contributed by atoms with E-state index < -0.39 is 0 Å². The van der Waals surface area contributed by atoms with Gasteiger partial charge in [-0.05, 0) is 60.4 Å². The van der Waals surface area contributed by atoms with Crippen LogP contribution in [0.3, 0.4) is 0 Å². The summed E-state index contributed by atoms with van der Waals surface area (Å²) in [7, 11) is 1.97. The molecule has 2 aliphatic rings. The van der Waals surface area contributed by atoms with E-state index in [0.29, 0.717) is 12.1 Å². The first-order chi connectivity index (χ1) is 10.1. The van der Waals surface area contributed by atoms with Gasteiger partial charge in [0, 0.05) is 23.6 Å². The number of carbonyl (C=O) groups excluding carboxylic acids is 1. The van der Waals surface area contributed by atoms with Crippen molar-refractivity contribution >= 4 is 27.5 Å². The second kappa shape index (κ2) is 5.97. The first-order valence-corrected chi connectivity index (χ1v) is 8.42. The normalized spacial score (nSPS) is 26.4. The highest BCUT2D eigenvalue weighted by molar-refractivity contribution is 9.10. The number of nitrogens with one attached hydrogen (secondary N) is 2. The Kier molecular flexibility index (Phi) is 4.22. The lowest BCUT2D eigenvalue weighted by atomic mass is 9.91. The van der Waals surface area contributed by atoms with Crippen LogP contribution in [0.2, 0.25) is 0 Å². The molecule has 2 aliphatic heterocycles. The van der Waals surface area contributed by atoms with Crippen molar-refractivity contribution in [3.63, 3.8) is 0 Å². The van der Waals surface area contributed by atoms with Crippen molar-refractivity contribution in [2.75, 3.05) is 25.0 Å². The van der Waals surface area contributed by atoms with E-state index in [-0.39, 0.29) is 11.8 Å². The van der Waals surface area contributed by atoms with Gasteiger partial charge in [0.05, 0.1) is 17.6 Å². The van der Waals surface area contributed by atoms with Gasteiger partial charge in [-0.2, -0.15) is 0 Å². The molecule has 3 rings (SSSR count). The molecule has 2 saturated heterocycles. The third kappa shape index (κ3) is 2.69. The quantitative estimate of drug-likeness (QED) is 0.878. The Morgan fingerprint density at radius 3 is 3.00 bits per heavy atom. The number of hydrogen-bond donors (Lipinski definition) is 2. The zero-order valence-electron chi connectivity index (χ0n) is 12.5. The fourth-order valence-electron chi connectivity index (χ4n) is 3.44. The van der Waals surface area contributed by atoms with Gasteiger partial charge >= 0.3 is 0 Å². The van der Waals surface area contributed by atoms with Crippen LogP contribution in [0.25, 0.3) is 0 Å². The second-order valence-corrected chi connectivity index (χ2v) is 6.83. The molecule has 1 amide bonds. The van der Waals surface area contributed by atoms with Crippen molar-refractivity contribution in [3.8, 4) is 0 Å². The maximum Gasteiger partial charge on any atom is 0.225 e. The number of benzene rings is 1. The number of carbonyl (C=O) groups is 1. The molecule has 2 heterocycles. The molecule has 0 aliphatic carbocycles. The molecule has 2 N–H and O–H groups in total. The number of anilines is 1. The molecule has 0 aromatic heterocycles. The van der Waals surface area contributed by atoms with Crippen molar-refractivity contribution in [1.82, 2.24) is 10.6 Å². The second-order valence-electron chi connectivity index (χ2n) is 5.98. The van der Waals surface area contributed by atoms with Crippen LogP contribution in [0.15, 0.2) is 22.7 Å². The fourth-order valence-corrected chi connectivity index (χ4v) is 4.07. The molecule has 0 spiro atoms. The van der Waals surface area contributed by atoms with Gasteiger partial charge in [-0.15, -0.1) is 0 Å². The van der Waals surface area contributed by atoms with Crippen LogP contribution >= 0.6 is 15.9 Å². The first kappa shape index (κ1) is 14.9. The van der Waals surface area contributed by atoms with Crippen LogP contribution in [0.1, 0.15) is 31.4 Å². The van der Waals surface area contributed by atoms with Crippen molar-refractivity contribution in [1.29, 1.82) is 0 Å². The standard InChI is InChI=1S/C16H22BrN3O/c1-10(18-2)11-5-6-14(13(17)8-11)20-7-3-4-12-15(20)9-19-16(12)21/h5-6,8,10,12,15,18H,3-4,7,9H2,1-2H3,(H,19,21). The van der Waals surface area contributed by atoms with Gasteiger partial charge in [-0.1, -0.05) is 6.07 Å². The average molecular weight is 352 g/mol. The van der Waals surface area contributed by atoms with Crippen LogP contribution in [0.4, 0.5) is 5.69 Å². The van der Waals surface area contributed by atoms with E-state index in [1.54, 1.807) is 0 Å². The molecule has 5 heteroatoms. The molecule has 1 aromatic rings. The Hall–Kier alpha value is -1.07. The Morgan fingerprint density at radius 2 is 2.29 bits per heavy atom. The number of hydrogen-bond acceptors (Lipinski definition) is 3. The monoisotopic (exact) mass is 351 g/mol. The third-order valence-corrected chi connectivity index (χ3v) is 5.45. The number of nitrogens with zero attached hydrogens (tertiary/aromatic N) is 1. The summed E-state index contributed by atoms with van der Waals surface area (Å²) in [6.45, 7) is 3.94. The Balaban J connectivity index is 1.88. The third-order valence-electron chi connectivity index (χ3n) is 4.82. The Labute approximate surface area is 134 Å². The molecule has 114 valence electrons. The van der Waals surface area contributed by atoms with Crippen LogP contribution in [-0.4, -0.2) is 32.1 Å². The average Bonchev–Trinajstić information content (AvgIpc) is 2.88. The predicted octanol–water partition coefficient (Wildman–Crippen LogP) is 2.44. The summed E-state index contributed by atoms with van der Waals surface area (Å²) < 4.78 is 1.11. The largest absolute Gasteiger partial charge is 0.365 e. The van der Waals surface area contributed by atoms with Crippen molar-refractivity contribution in [2.24, 2.45) is 5.92 Å². The van der Waals surface area contributed by atoms with Gasteiger partial charge in [0.25, 0.3) is 0 Å². The topological polar surface area (TPSA) is 44.4 Å². The van der Waals surface area contributed by atoms with Crippen molar-refractivity contribution in [3.05, 3.63) is 28.2 Å². The predicted molar refractivity (Wildman–Crippen MR) is 88.5 cm³/mol. The van der Waals surface area contributed by atoms with E-state index >= 15 is 0 Å². The van der Waals surface area contributed by atoms with E-state index in [0.717, 1.165) is 30.4 Å². The van der Waals surface area contributed by atoms with Gasteiger partial charge in [0.15, 0.2) is 0 Å². The summed E-state index contributed by atoms with van der Waals surface area (Å²) in [6, 6.07) is 7.17. The van der Waals surface area contributed by atoms with Crippen molar-refractivity contribution < 1.29 is 4.79 Å². The lowest BCUT2D eigenvalue weighted by Crippen LogP contribution is -2.45. The molecule has 4 nitrogen and oxygen atoms in total. The number of amides is 1. The van der Waals surface area contributed by atoms with Crippen LogP contribution in [0.5, 0.6) is 0 Å². The minimum Gasteiger partial charge on any atom is -0.365 e. The van der Waals surface area contributed by atoms with E-state index in [1.807, 2.05) is 7.05 Å². The van der Waals surface area contributed by atoms with E-state index in [2.05, 4.69) is 56.6 Å². The summed E-state index contributed by atoms with van der Waals surface area (Å²) in [5.74, 6) is 0.378. The highest BCUT2D eigenvalue weighted by atomic mass is 79.9. The summed E-state index contributed by atoms with van der Waals surface area (Å²) in [5, 5.41) is 6.27. The molecule has 1 aromatic carbocycles. The SMILES string of the molecule is CNC(C)c1ccc(N2CCCC3C(=O)NCC32)c(Br)c1. The summed E-state index contributed by atoms with van der Waals surface area (Å²) >= 11 is 3.72. The number of halogens is 1. The zero-order chi connectivity index (χ0) is 15.0.